The number of likely N-dealkylation sites (tertiary alicyclic amines) is 1. The number of carbonyl (C=O) groups is 2. The number of nitrogens with zero attached hydrogens (tertiary/aromatic N) is 2. The highest BCUT2D eigenvalue weighted by molar-refractivity contribution is 5.89. The van der Waals surface area contributed by atoms with Gasteiger partial charge in [-0.25, -0.2) is 0 Å². The van der Waals surface area contributed by atoms with E-state index < -0.39 is 0 Å². The lowest BCUT2D eigenvalue weighted by molar-refractivity contribution is -0.155. The monoisotopic (exact) mass is 393 g/mol. The van der Waals surface area contributed by atoms with E-state index in [0.717, 1.165) is 11.1 Å². The van der Waals surface area contributed by atoms with Crippen molar-refractivity contribution >= 4 is 11.8 Å². The van der Waals surface area contributed by atoms with Crippen molar-refractivity contribution in [1.29, 1.82) is 0 Å². The fourth-order valence-corrected chi connectivity index (χ4v) is 3.97. The number of ether oxygens (including phenoxy) is 1. The van der Waals surface area contributed by atoms with Crippen molar-refractivity contribution < 1.29 is 14.3 Å². The zero-order chi connectivity index (χ0) is 20.1. The molecule has 4 rings (SSSR count). The zero-order valence-corrected chi connectivity index (χ0v) is 16.5. The van der Waals surface area contributed by atoms with Crippen LogP contribution in [0.2, 0.25) is 0 Å². The number of hydrogen-bond donors (Lipinski definition) is 1. The molecule has 0 radical (unpaired) electrons. The third kappa shape index (κ3) is 4.66. The summed E-state index contributed by atoms with van der Waals surface area (Å²) in [6.07, 6.45) is 0.559. The quantitative estimate of drug-likeness (QED) is 0.813. The van der Waals surface area contributed by atoms with Gasteiger partial charge < -0.3 is 15.0 Å². The maximum Gasteiger partial charge on any atom is 0.240 e. The number of nitrogens with one attached hydrogen (secondary N) is 1. The van der Waals surface area contributed by atoms with Gasteiger partial charge in [-0.05, 0) is 17.5 Å². The van der Waals surface area contributed by atoms with E-state index in [0.29, 0.717) is 45.8 Å². The van der Waals surface area contributed by atoms with Gasteiger partial charge in [0.1, 0.15) is 0 Å². The van der Waals surface area contributed by atoms with Gasteiger partial charge in [0, 0.05) is 26.2 Å². The van der Waals surface area contributed by atoms with Gasteiger partial charge in [-0.1, -0.05) is 60.7 Å². The number of carbonyl (C=O) groups excluding carboxylic acids is 2. The Morgan fingerprint density at radius 3 is 2.17 bits per heavy atom. The number of morpholine rings is 1. The van der Waals surface area contributed by atoms with Gasteiger partial charge in [0.15, 0.2) is 0 Å². The molecule has 0 bridgehead atoms. The maximum absolute atomic E-state index is 13.0. The molecule has 0 aliphatic carbocycles. The van der Waals surface area contributed by atoms with Crippen molar-refractivity contribution in [3.8, 4) is 0 Å². The average Bonchev–Trinajstić information content (AvgIpc) is 2.77. The highest BCUT2D eigenvalue weighted by atomic mass is 16.5. The average molecular weight is 393 g/mol. The van der Waals surface area contributed by atoms with Crippen LogP contribution in [-0.2, 0) is 27.4 Å². The third-order valence-electron chi connectivity index (χ3n) is 5.68. The summed E-state index contributed by atoms with van der Waals surface area (Å²) < 4.78 is 5.37. The van der Waals surface area contributed by atoms with Crippen molar-refractivity contribution in [2.45, 2.75) is 31.6 Å². The fraction of sp³-hybridized carbons (Fsp3) is 0.391. The van der Waals surface area contributed by atoms with Gasteiger partial charge in [-0.15, -0.1) is 0 Å². The molecular weight excluding hydrogens is 366 g/mol. The highest BCUT2D eigenvalue weighted by Gasteiger charge is 2.47. The predicted octanol–water partition coefficient (Wildman–Crippen LogP) is 1.80. The topological polar surface area (TPSA) is 61.9 Å². The second-order valence-electron chi connectivity index (χ2n) is 7.57. The normalized spacial score (nSPS) is 22.0. The van der Waals surface area contributed by atoms with Crippen molar-refractivity contribution in [2.24, 2.45) is 0 Å². The van der Waals surface area contributed by atoms with Crippen molar-refractivity contribution in [3.05, 3.63) is 71.8 Å². The van der Waals surface area contributed by atoms with E-state index in [1.165, 1.54) is 0 Å². The molecule has 0 aromatic heterocycles. The number of amides is 2. The number of rotatable bonds is 6. The van der Waals surface area contributed by atoms with Crippen LogP contribution in [0.5, 0.6) is 0 Å². The van der Waals surface area contributed by atoms with E-state index >= 15 is 0 Å². The summed E-state index contributed by atoms with van der Waals surface area (Å²) >= 11 is 0. The van der Waals surface area contributed by atoms with E-state index in [-0.39, 0.29) is 23.9 Å². The van der Waals surface area contributed by atoms with Gasteiger partial charge in [-0.3, -0.25) is 14.5 Å². The van der Waals surface area contributed by atoms with Crippen molar-refractivity contribution in [1.82, 2.24) is 15.1 Å². The smallest absolute Gasteiger partial charge is 0.240 e. The predicted molar refractivity (Wildman–Crippen MR) is 110 cm³/mol. The number of hydrogen-bond acceptors (Lipinski definition) is 4. The fourth-order valence-electron chi connectivity index (χ4n) is 3.97. The molecule has 152 valence electrons. The summed E-state index contributed by atoms with van der Waals surface area (Å²) in [4.78, 5) is 29.8. The van der Waals surface area contributed by atoms with Crippen LogP contribution in [0.4, 0.5) is 0 Å². The summed E-state index contributed by atoms with van der Waals surface area (Å²) in [5.41, 5.74) is 2.17. The van der Waals surface area contributed by atoms with E-state index in [2.05, 4.69) is 5.32 Å². The Morgan fingerprint density at radius 2 is 1.52 bits per heavy atom. The first-order chi connectivity index (χ1) is 14.2. The van der Waals surface area contributed by atoms with Crippen LogP contribution in [-0.4, -0.2) is 60.0 Å². The molecule has 0 spiro atoms. The third-order valence-corrected chi connectivity index (χ3v) is 5.68. The molecule has 0 unspecified atom stereocenters. The van der Waals surface area contributed by atoms with Gasteiger partial charge in [0.05, 0.1) is 25.3 Å². The van der Waals surface area contributed by atoms with Gasteiger partial charge in [-0.2, -0.15) is 0 Å². The Morgan fingerprint density at radius 1 is 0.897 bits per heavy atom. The second kappa shape index (κ2) is 9.20. The Hall–Kier alpha value is -2.70. The molecule has 0 saturated carbocycles. The van der Waals surface area contributed by atoms with Crippen molar-refractivity contribution in [3.63, 3.8) is 0 Å². The molecule has 2 aromatic carbocycles. The lowest BCUT2D eigenvalue weighted by atomic mass is 9.89. The van der Waals surface area contributed by atoms with Crippen LogP contribution < -0.4 is 5.32 Å². The summed E-state index contributed by atoms with van der Waals surface area (Å²) in [5, 5.41) is 3.03. The van der Waals surface area contributed by atoms with Crippen LogP contribution in [0.25, 0.3) is 0 Å². The minimum absolute atomic E-state index is 0.0178. The largest absolute Gasteiger partial charge is 0.378 e. The van der Waals surface area contributed by atoms with E-state index in [1.54, 1.807) is 0 Å². The summed E-state index contributed by atoms with van der Waals surface area (Å²) in [6, 6.07) is 19.3. The minimum atomic E-state index is -0.283. The summed E-state index contributed by atoms with van der Waals surface area (Å²) in [5.74, 6) is 0.0900. The van der Waals surface area contributed by atoms with Crippen LogP contribution in [0.1, 0.15) is 17.5 Å². The molecule has 6 heteroatoms. The molecule has 2 saturated heterocycles. The zero-order valence-electron chi connectivity index (χ0n) is 16.5. The molecule has 29 heavy (non-hydrogen) atoms. The van der Waals surface area contributed by atoms with Crippen molar-refractivity contribution in [2.75, 3.05) is 26.3 Å². The Labute approximate surface area is 171 Å². The van der Waals surface area contributed by atoms with Crippen LogP contribution >= 0.6 is 0 Å². The standard InChI is InChI=1S/C23H27N3O3/c27-22(24-16-18-7-3-1-4-8-18)20-15-21(23(28)25-11-13-29-14-12-25)26(20)17-19-9-5-2-6-10-19/h1-10,20-21H,11-17H2,(H,24,27)/t20-,21+/m1/s1. The minimum Gasteiger partial charge on any atom is -0.378 e. The molecule has 2 aliphatic rings. The highest BCUT2D eigenvalue weighted by Crippen LogP contribution is 2.30. The van der Waals surface area contributed by atoms with E-state index in [4.69, 9.17) is 4.74 Å². The molecule has 2 amide bonds. The van der Waals surface area contributed by atoms with Crippen LogP contribution in [0.15, 0.2) is 60.7 Å². The van der Waals surface area contributed by atoms with Crippen LogP contribution in [0, 0.1) is 0 Å². The molecule has 2 heterocycles. The summed E-state index contributed by atoms with van der Waals surface area (Å²) in [6.45, 7) is 3.50. The van der Waals surface area contributed by atoms with Gasteiger partial charge in [0.25, 0.3) is 0 Å². The van der Waals surface area contributed by atoms with Gasteiger partial charge in [0.2, 0.25) is 11.8 Å². The molecule has 2 aromatic rings. The molecule has 2 fully saturated rings. The summed E-state index contributed by atoms with van der Waals surface area (Å²) in [7, 11) is 0. The molecule has 2 aliphatic heterocycles. The molecule has 2 atom stereocenters. The number of benzene rings is 2. The van der Waals surface area contributed by atoms with E-state index in [1.807, 2.05) is 70.5 Å². The van der Waals surface area contributed by atoms with Gasteiger partial charge >= 0.3 is 0 Å². The molecule has 6 nitrogen and oxygen atoms in total. The van der Waals surface area contributed by atoms with Crippen LogP contribution in [0.3, 0.4) is 0 Å². The first-order valence-electron chi connectivity index (χ1n) is 10.2. The maximum atomic E-state index is 13.0. The lowest BCUT2D eigenvalue weighted by Crippen LogP contribution is -2.66. The second-order valence-corrected chi connectivity index (χ2v) is 7.57. The SMILES string of the molecule is O=C(NCc1ccccc1)[C@H]1C[C@@H](C(=O)N2CCOCC2)N1Cc1ccccc1. The first kappa shape index (κ1) is 19.6. The first-order valence-corrected chi connectivity index (χ1v) is 10.2. The Bertz CT molecular complexity index is 822. The molecular formula is C23H27N3O3. The Kier molecular flexibility index (Phi) is 6.22. The Balaban J connectivity index is 1.43. The lowest BCUT2D eigenvalue weighted by Gasteiger charge is -2.48. The van der Waals surface area contributed by atoms with E-state index in [9.17, 15) is 9.59 Å². The molecule has 1 N–H and O–H groups in total.